The molecule has 16 heteroatoms. The van der Waals surface area contributed by atoms with E-state index in [-0.39, 0.29) is 39.2 Å². The third kappa shape index (κ3) is 7.28. The smallest absolute Gasteiger partial charge is 0.215 e. The number of methoxy groups -OCH3 is 4. The quantitative estimate of drug-likeness (QED) is 0.201. The van der Waals surface area contributed by atoms with Gasteiger partial charge in [0.05, 0.1) is 103 Å². The number of nitrogens with zero attached hydrogens (tertiary/aromatic N) is 6. The Morgan fingerprint density at radius 1 is 0.688 bits per heavy atom. The molecule has 14 nitrogen and oxygen atoms in total. The number of hydrogen-bond donors (Lipinski definition) is 2. The molecule has 6 rings (SSSR count). The van der Waals surface area contributed by atoms with Gasteiger partial charge >= 0.3 is 0 Å². The second-order valence-electron chi connectivity index (χ2n) is 8.79. The molecule has 0 amide bonds. The summed E-state index contributed by atoms with van der Waals surface area (Å²) in [6.07, 6.45) is -2.20. The highest BCUT2D eigenvalue weighted by Crippen LogP contribution is 2.27. The Morgan fingerprint density at radius 3 is 1.73 bits per heavy atom. The van der Waals surface area contributed by atoms with Gasteiger partial charge in [0.1, 0.15) is 11.5 Å². The molecule has 0 aliphatic heterocycles. The van der Waals surface area contributed by atoms with Crippen LogP contribution in [0.3, 0.4) is 0 Å². The minimum atomic E-state index is -3.45. The summed E-state index contributed by atoms with van der Waals surface area (Å²) >= 11 is 0. The molecule has 0 spiro atoms. The van der Waals surface area contributed by atoms with Gasteiger partial charge in [-0.25, -0.2) is 9.97 Å². The predicted molar refractivity (Wildman–Crippen MR) is 182 cm³/mol. The fraction of sp³-hybridized carbons (Fsp3) is 0.312. The molecule has 0 saturated carbocycles. The molecule has 0 aliphatic rings. The maximum atomic E-state index is 13.4. The largest absolute Gasteiger partial charge is 0.496 e. The van der Waals surface area contributed by atoms with Gasteiger partial charge in [0.15, 0.2) is 21.6 Å². The van der Waals surface area contributed by atoms with E-state index in [2.05, 4.69) is 49.3 Å². The lowest BCUT2D eigenvalue weighted by Crippen LogP contribution is -2.05. The van der Waals surface area contributed by atoms with Crippen LogP contribution in [0.2, 0.25) is 0 Å². The number of H-pyrrole nitrogens is 2. The molecule has 2 unspecified atom stereocenters. The number of fused-ring (bicyclic) bond motifs is 2. The molecule has 0 saturated heterocycles. The average molecular weight is 721 g/mol. The van der Waals surface area contributed by atoms with Crippen LogP contribution < -0.4 is 18.9 Å². The minimum Gasteiger partial charge on any atom is -0.496 e. The van der Waals surface area contributed by atoms with Crippen molar-refractivity contribution in [3.63, 3.8) is 0 Å². The highest BCUT2D eigenvalue weighted by atomic mass is 32.2. The molecule has 48 heavy (non-hydrogen) atoms. The summed E-state index contributed by atoms with van der Waals surface area (Å²) in [7, 11) is -17.5. The lowest BCUT2D eigenvalue weighted by atomic mass is 10.1. The molecular weight excluding hydrogens is 657 g/mol. The van der Waals surface area contributed by atoms with Crippen molar-refractivity contribution >= 4 is 43.9 Å². The van der Waals surface area contributed by atoms with Crippen molar-refractivity contribution in [2.45, 2.75) is 49.2 Å². The number of nitrogens with one attached hydrogen (secondary N) is 2. The van der Waals surface area contributed by atoms with Crippen molar-refractivity contribution < 1.29 is 65.7 Å². The van der Waals surface area contributed by atoms with Crippen LogP contribution in [0.15, 0.2) is 46.9 Å². The molecule has 0 aromatic carbocycles. The zero-order valence-electron chi connectivity index (χ0n) is 51.5. The van der Waals surface area contributed by atoms with E-state index >= 15 is 0 Å². The number of ether oxygens (including phenoxy) is 4. The van der Waals surface area contributed by atoms with Gasteiger partial charge in [-0.3, -0.25) is 18.4 Å². The van der Waals surface area contributed by atoms with Crippen LogP contribution in [0.5, 0.6) is 23.3 Å². The SMILES string of the molecule is [2H]c1nc(C([2H])([2H])S(=O)c2nc3nc(OC([2H])([2H])[2H])ccc3[nH]2)c(C([2H])([2H])[2H])c(OC([2H])([2H])[2H])c1C([2H])([2H])[2H].[2H]c1nc(CS(=O)c2nc3nc(OC([2H])([2H])[2H])ccc3[nH]2)c(C([2H])([2H])[2H])c(OC([2H])([2H])[2H])c1C([2H])([2H])[2H]. The summed E-state index contributed by atoms with van der Waals surface area (Å²) in [5.74, 6) is -3.80. The molecule has 6 aromatic heterocycles. The van der Waals surface area contributed by atoms with E-state index in [1.165, 1.54) is 18.2 Å². The Labute approximate surface area is 321 Å². The minimum absolute atomic E-state index is 0.0569. The van der Waals surface area contributed by atoms with E-state index in [1.807, 2.05) is 0 Å². The van der Waals surface area contributed by atoms with E-state index in [9.17, 15) is 8.42 Å². The molecule has 2 atom stereocenters. The van der Waals surface area contributed by atoms with Crippen LogP contribution >= 0.6 is 0 Å². The van der Waals surface area contributed by atoms with Gasteiger partial charge in [-0.05, 0) is 39.5 Å². The van der Waals surface area contributed by atoms with Crippen LogP contribution in [0.1, 0.15) is 72.0 Å². The lowest BCUT2D eigenvalue weighted by molar-refractivity contribution is 0.399. The predicted octanol–water partition coefficient (Wildman–Crippen LogP) is 4.59. The number of rotatable bonds is 10. The third-order valence-electron chi connectivity index (χ3n) is 5.87. The van der Waals surface area contributed by atoms with Crippen LogP contribution in [0.25, 0.3) is 22.3 Å². The standard InChI is InChI=1S/2C16H18N4O3S/c2*1-9-7-17-12(10(2)14(9)23-4)8-24(21)16-18-11-5-6-13(22-3)19-15(11)20-16/h2*5-7H,8H2,1-4H3,(H,18,19,20)/i1D3,2D3,3D3,4D3,7D,8D2;1D3,2D3,3D3,4D3,7D. The van der Waals surface area contributed by atoms with E-state index in [0.717, 1.165) is 6.07 Å². The second-order valence-corrected chi connectivity index (χ2v) is 11.3. The zero-order valence-corrected chi connectivity index (χ0v) is 25.1. The fourth-order valence-electron chi connectivity index (χ4n) is 3.66. The first-order valence-electron chi connectivity index (χ1n) is 26.5. The summed E-state index contributed by atoms with van der Waals surface area (Å²) in [5, 5.41) is -0.868. The van der Waals surface area contributed by atoms with E-state index in [4.69, 9.17) is 47.9 Å². The maximum Gasteiger partial charge on any atom is 0.215 e. The molecule has 6 heterocycles. The Balaban J connectivity index is 0.000000281. The number of aromatic nitrogens is 8. The molecule has 0 fully saturated rings. The van der Waals surface area contributed by atoms with Gasteiger partial charge in [-0.15, -0.1) is 0 Å². The Hall–Kier alpha value is -4.96. The summed E-state index contributed by atoms with van der Waals surface area (Å²) in [6, 6.07) is 4.97. The van der Waals surface area contributed by atoms with Gasteiger partial charge in [-0.1, -0.05) is 0 Å². The second kappa shape index (κ2) is 14.9. The van der Waals surface area contributed by atoms with Crippen molar-refractivity contribution in [3.8, 4) is 23.3 Å². The topological polar surface area (TPSA) is 180 Å². The van der Waals surface area contributed by atoms with E-state index in [0.29, 0.717) is 0 Å². The molecule has 6 aromatic rings. The molecule has 252 valence electrons. The Morgan fingerprint density at radius 2 is 1.21 bits per heavy atom. The van der Waals surface area contributed by atoms with Gasteiger partial charge in [0, 0.05) is 65.9 Å². The lowest BCUT2D eigenvalue weighted by Gasteiger charge is -2.11. The molecule has 0 bridgehead atoms. The number of pyridine rings is 4. The monoisotopic (exact) mass is 720 g/mol. The van der Waals surface area contributed by atoms with E-state index < -0.39 is 151 Å². The molecular formula is C32H36N8O6S2. The molecule has 2 N–H and O–H groups in total. The first kappa shape index (κ1) is 13.5. The molecule has 0 radical (unpaired) electrons. The summed E-state index contributed by atoms with van der Waals surface area (Å²) in [4.78, 5) is 27.9. The van der Waals surface area contributed by atoms with Crippen molar-refractivity contribution in [1.82, 2.24) is 39.9 Å². The van der Waals surface area contributed by atoms with Crippen LogP contribution in [0.4, 0.5) is 0 Å². The van der Waals surface area contributed by atoms with Gasteiger partial charge in [0.2, 0.25) is 11.8 Å². The van der Waals surface area contributed by atoms with Crippen molar-refractivity contribution in [2.24, 2.45) is 0 Å². The Kier molecular flexibility index (Phi) is 4.18. The first-order valence-corrected chi connectivity index (χ1v) is 14.9. The number of imidazole rings is 2. The summed E-state index contributed by atoms with van der Waals surface area (Å²) in [5.41, 5.74) is -9.58. The summed E-state index contributed by atoms with van der Waals surface area (Å²) in [6.45, 7) is -13.1. The Bertz CT molecular complexity index is 3190. The molecule has 0 aliphatic carbocycles. The van der Waals surface area contributed by atoms with E-state index in [1.54, 1.807) is 0 Å². The highest BCUT2D eigenvalue weighted by Gasteiger charge is 2.18. The normalized spacial score (nSPS) is 23.3. The number of hydrogen-bond acceptors (Lipinski definition) is 12. The van der Waals surface area contributed by atoms with Crippen molar-refractivity contribution in [3.05, 3.63) is 70.3 Å². The van der Waals surface area contributed by atoms with Crippen molar-refractivity contribution in [2.75, 3.05) is 28.2 Å². The van der Waals surface area contributed by atoms with Crippen molar-refractivity contribution in [1.29, 1.82) is 0 Å². The fourth-order valence-corrected chi connectivity index (χ4v) is 5.46. The third-order valence-corrected chi connectivity index (χ3v) is 7.96. The van der Waals surface area contributed by atoms with Gasteiger partial charge in [0.25, 0.3) is 0 Å². The van der Waals surface area contributed by atoms with Crippen LogP contribution in [0, 0.1) is 27.4 Å². The zero-order chi connectivity index (χ0) is 58.1. The average Bonchev–Trinajstić information content (AvgIpc) is 3.80. The van der Waals surface area contributed by atoms with Crippen LogP contribution in [-0.2, 0) is 33.1 Å². The van der Waals surface area contributed by atoms with Gasteiger partial charge < -0.3 is 28.9 Å². The summed E-state index contributed by atoms with van der Waals surface area (Å²) < 4.78 is 258. The van der Waals surface area contributed by atoms with Crippen LogP contribution in [-0.4, -0.2) is 76.4 Å². The highest BCUT2D eigenvalue weighted by molar-refractivity contribution is 7.84. The first-order chi connectivity index (χ1) is 34.1. The maximum absolute atomic E-state index is 13.4. The number of aromatic amines is 2. The van der Waals surface area contributed by atoms with Gasteiger partial charge in [-0.2, -0.15) is 9.97 Å².